The number of hydrogen-bond donors (Lipinski definition) is 1. The Kier molecular flexibility index (Phi) is 6.35. The summed E-state index contributed by atoms with van der Waals surface area (Å²) in [6.45, 7) is 9.03. The molecule has 0 aliphatic carbocycles. The molecule has 0 radical (unpaired) electrons. The van der Waals surface area contributed by atoms with Crippen LogP contribution in [0.15, 0.2) is 33.2 Å². The molecule has 6 heteroatoms. The topological polar surface area (TPSA) is 54.2 Å². The zero-order valence-corrected chi connectivity index (χ0v) is 14.1. The highest BCUT2D eigenvalue weighted by Gasteiger charge is 2.10. The Hall–Kier alpha value is -1.24. The van der Waals surface area contributed by atoms with E-state index in [-0.39, 0.29) is 0 Å². The maximum atomic E-state index is 5.68. The summed E-state index contributed by atoms with van der Waals surface area (Å²) in [5.74, 6) is 1.16. The smallest absolute Gasteiger partial charge is 0.248 e. The van der Waals surface area contributed by atoms with Gasteiger partial charge in [0.05, 0.1) is 12.1 Å². The molecular weight excluding hydrogens is 332 g/mol. The molecule has 1 N–H and O–H groups in total. The molecule has 0 bridgehead atoms. The van der Waals surface area contributed by atoms with Crippen LogP contribution in [0, 0.1) is 0 Å². The third-order valence-corrected chi connectivity index (χ3v) is 4.04. The number of nitrogens with zero attached hydrogens (tertiary/aromatic N) is 3. The highest BCUT2D eigenvalue weighted by atomic mass is 79.9. The minimum absolute atomic E-state index is 0.544. The van der Waals surface area contributed by atoms with E-state index >= 15 is 0 Å². The molecule has 21 heavy (non-hydrogen) atoms. The summed E-state index contributed by atoms with van der Waals surface area (Å²) in [6.07, 6.45) is 0. The van der Waals surface area contributed by atoms with Gasteiger partial charge in [0.1, 0.15) is 0 Å². The number of nitrogens with one attached hydrogen (secondary N) is 1. The standard InChI is InChI=1S/C15H21BrN4O/c1-3-20(4-2)10-9-17-11-14-18-19-15(21-14)12-7-5-6-8-13(12)16/h5-8,17H,3-4,9-11H2,1-2H3. The monoisotopic (exact) mass is 352 g/mol. The van der Waals surface area contributed by atoms with Crippen LogP contribution in [0.4, 0.5) is 0 Å². The SMILES string of the molecule is CCN(CC)CCNCc1nnc(-c2ccccc2Br)o1. The van der Waals surface area contributed by atoms with Crippen LogP contribution < -0.4 is 5.32 Å². The van der Waals surface area contributed by atoms with Gasteiger partial charge in [0, 0.05) is 17.6 Å². The first kappa shape index (κ1) is 16.1. The molecule has 2 rings (SSSR count). The molecule has 1 aromatic heterocycles. The fourth-order valence-corrected chi connectivity index (χ4v) is 2.50. The summed E-state index contributed by atoms with van der Waals surface area (Å²) in [6, 6.07) is 7.82. The van der Waals surface area contributed by atoms with Crippen LogP contribution in [0.5, 0.6) is 0 Å². The normalized spacial score (nSPS) is 11.2. The Morgan fingerprint density at radius 2 is 1.95 bits per heavy atom. The van der Waals surface area contributed by atoms with Gasteiger partial charge in [-0.3, -0.25) is 0 Å². The quantitative estimate of drug-likeness (QED) is 0.740. The molecule has 0 spiro atoms. The second-order valence-corrected chi connectivity index (χ2v) is 5.54. The average molecular weight is 353 g/mol. The fourth-order valence-electron chi connectivity index (χ4n) is 2.04. The van der Waals surface area contributed by atoms with Crippen LogP contribution >= 0.6 is 15.9 Å². The van der Waals surface area contributed by atoms with Gasteiger partial charge in [-0.1, -0.05) is 26.0 Å². The molecule has 0 fully saturated rings. The lowest BCUT2D eigenvalue weighted by Gasteiger charge is -2.17. The molecular formula is C15H21BrN4O. The van der Waals surface area contributed by atoms with Gasteiger partial charge in [-0.25, -0.2) is 0 Å². The number of halogens is 1. The maximum Gasteiger partial charge on any atom is 0.248 e. The van der Waals surface area contributed by atoms with Crippen LogP contribution in [0.1, 0.15) is 19.7 Å². The minimum Gasteiger partial charge on any atom is -0.419 e. The predicted molar refractivity (Wildman–Crippen MR) is 86.9 cm³/mol. The van der Waals surface area contributed by atoms with Crippen LogP contribution in [0.2, 0.25) is 0 Å². The van der Waals surface area contributed by atoms with E-state index < -0.39 is 0 Å². The molecule has 5 nitrogen and oxygen atoms in total. The number of benzene rings is 1. The van der Waals surface area contributed by atoms with E-state index in [4.69, 9.17) is 4.42 Å². The number of rotatable bonds is 8. The molecule has 1 aromatic carbocycles. The van der Waals surface area contributed by atoms with Gasteiger partial charge in [-0.2, -0.15) is 0 Å². The second kappa shape index (κ2) is 8.26. The highest BCUT2D eigenvalue weighted by molar-refractivity contribution is 9.10. The van der Waals surface area contributed by atoms with Crippen molar-refractivity contribution in [1.82, 2.24) is 20.4 Å². The lowest BCUT2D eigenvalue weighted by atomic mass is 10.2. The number of likely N-dealkylation sites (N-methyl/N-ethyl adjacent to an activating group) is 1. The molecule has 2 aromatic rings. The Labute approximate surface area is 133 Å². The Morgan fingerprint density at radius 1 is 1.19 bits per heavy atom. The Bertz CT molecular complexity index is 554. The maximum absolute atomic E-state index is 5.68. The molecule has 0 saturated carbocycles. The predicted octanol–water partition coefficient (Wildman–Crippen LogP) is 2.93. The Balaban J connectivity index is 1.85. The minimum atomic E-state index is 0.544. The third kappa shape index (κ3) is 4.62. The van der Waals surface area contributed by atoms with Crippen molar-refractivity contribution in [1.29, 1.82) is 0 Å². The van der Waals surface area contributed by atoms with Gasteiger partial charge in [-0.05, 0) is 41.2 Å². The van der Waals surface area contributed by atoms with Gasteiger partial charge in [0.25, 0.3) is 0 Å². The van der Waals surface area contributed by atoms with E-state index in [0.717, 1.165) is 36.2 Å². The summed E-state index contributed by atoms with van der Waals surface area (Å²) in [4.78, 5) is 2.37. The molecule has 0 unspecified atom stereocenters. The second-order valence-electron chi connectivity index (χ2n) is 4.68. The van der Waals surface area contributed by atoms with Crippen molar-refractivity contribution in [2.45, 2.75) is 20.4 Å². The van der Waals surface area contributed by atoms with Crippen LogP contribution in [-0.4, -0.2) is 41.3 Å². The average Bonchev–Trinajstić information content (AvgIpc) is 2.96. The third-order valence-electron chi connectivity index (χ3n) is 3.35. The summed E-state index contributed by atoms with van der Waals surface area (Å²) in [7, 11) is 0. The first-order valence-electron chi connectivity index (χ1n) is 7.25. The van der Waals surface area contributed by atoms with Crippen LogP contribution in [0.3, 0.4) is 0 Å². The number of aromatic nitrogens is 2. The van der Waals surface area contributed by atoms with E-state index in [1.165, 1.54) is 0 Å². The van der Waals surface area contributed by atoms with Gasteiger partial charge in [-0.15, -0.1) is 10.2 Å². The van der Waals surface area contributed by atoms with Crippen LogP contribution in [-0.2, 0) is 6.54 Å². The van der Waals surface area contributed by atoms with E-state index in [9.17, 15) is 0 Å². The van der Waals surface area contributed by atoms with Crippen molar-refractivity contribution in [3.05, 3.63) is 34.6 Å². The van der Waals surface area contributed by atoms with Crippen molar-refractivity contribution in [3.63, 3.8) is 0 Å². The zero-order valence-electron chi connectivity index (χ0n) is 12.5. The van der Waals surface area contributed by atoms with Crippen molar-refractivity contribution in [2.75, 3.05) is 26.2 Å². The van der Waals surface area contributed by atoms with Crippen molar-refractivity contribution in [3.8, 4) is 11.5 Å². The summed E-state index contributed by atoms with van der Waals surface area (Å²) >= 11 is 3.49. The molecule has 0 atom stereocenters. The van der Waals surface area contributed by atoms with E-state index in [2.05, 4.69) is 50.2 Å². The molecule has 1 heterocycles. The van der Waals surface area contributed by atoms with Gasteiger partial charge < -0.3 is 14.6 Å². The summed E-state index contributed by atoms with van der Waals surface area (Å²) in [5.41, 5.74) is 0.916. The lowest BCUT2D eigenvalue weighted by Crippen LogP contribution is -2.31. The van der Waals surface area contributed by atoms with Crippen molar-refractivity contribution < 1.29 is 4.42 Å². The van der Waals surface area contributed by atoms with Gasteiger partial charge in [0.2, 0.25) is 11.8 Å². The first-order valence-corrected chi connectivity index (χ1v) is 8.04. The Morgan fingerprint density at radius 3 is 2.67 bits per heavy atom. The highest BCUT2D eigenvalue weighted by Crippen LogP contribution is 2.26. The summed E-state index contributed by atoms with van der Waals surface area (Å²) < 4.78 is 6.64. The van der Waals surface area contributed by atoms with Crippen LogP contribution in [0.25, 0.3) is 11.5 Å². The lowest BCUT2D eigenvalue weighted by molar-refractivity contribution is 0.300. The van der Waals surface area contributed by atoms with Crippen molar-refractivity contribution in [2.24, 2.45) is 0 Å². The van der Waals surface area contributed by atoms with Crippen molar-refractivity contribution >= 4 is 15.9 Å². The van der Waals surface area contributed by atoms with E-state index in [1.807, 2.05) is 24.3 Å². The van der Waals surface area contributed by atoms with Gasteiger partial charge >= 0.3 is 0 Å². The number of hydrogen-bond acceptors (Lipinski definition) is 5. The largest absolute Gasteiger partial charge is 0.419 e. The first-order chi connectivity index (χ1) is 10.2. The zero-order chi connectivity index (χ0) is 15.1. The fraction of sp³-hybridized carbons (Fsp3) is 0.467. The van der Waals surface area contributed by atoms with E-state index in [0.29, 0.717) is 18.3 Å². The summed E-state index contributed by atoms with van der Waals surface area (Å²) in [5, 5.41) is 11.5. The van der Waals surface area contributed by atoms with E-state index in [1.54, 1.807) is 0 Å². The van der Waals surface area contributed by atoms with Gasteiger partial charge in [0.15, 0.2) is 0 Å². The molecule has 0 aliphatic rings. The molecule has 0 aliphatic heterocycles. The molecule has 114 valence electrons. The molecule has 0 amide bonds. The molecule has 0 saturated heterocycles.